The van der Waals surface area contributed by atoms with Gasteiger partial charge in [-0.05, 0) is 6.07 Å². The monoisotopic (exact) mass is 571 g/mol. The van der Waals surface area contributed by atoms with E-state index in [1.807, 2.05) is 0 Å². The molecule has 10 N–H and O–H groups in total. The van der Waals surface area contributed by atoms with E-state index in [2.05, 4.69) is 4.98 Å². The maximum absolute atomic E-state index is 12.7. The fourth-order valence-corrected chi connectivity index (χ4v) is 5.05. The molecule has 1 aromatic heterocycles. The number of carbonyl (C=O) groups is 1. The number of phosphoric acid groups is 1. The highest BCUT2D eigenvalue weighted by Crippen LogP contribution is 2.52. The number of aromatic nitrogens is 2. The number of aliphatic hydroxyl groups excluding tert-OH is 6. The van der Waals surface area contributed by atoms with Crippen molar-refractivity contribution in [1.29, 1.82) is 0 Å². The molecule has 0 spiro atoms. The van der Waals surface area contributed by atoms with Gasteiger partial charge in [-0.15, -0.1) is 0 Å². The van der Waals surface area contributed by atoms with Gasteiger partial charge in [0, 0.05) is 18.5 Å². The quantitative estimate of drug-likeness (QED) is 0.120. The molecule has 0 aliphatic carbocycles. The van der Waals surface area contributed by atoms with Gasteiger partial charge in [0.15, 0.2) is 6.23 Å². The second-order valence-electron chi connectivity index (χ2n) is 8.96. The molecule has 2 aliphatic rings. The fraction of sp³-hybridized carbons (Fsp3) is 0.737. The van der Waals surface area contributed by atoms with Crippen molar-refractivity contribution in [2.75, 3.05) is 18.9 Å². The van der Waals surface area contributed by atoms with Gasteiger partial charge in [-0.25, -0.2) is 18.7 Å². The molecule has 0 radical (unpaired) electrons. The van der Waals surface area contributed by atoms with Crippen molar-refractivity contribution in [1.82, 2.24) is 9.55 Å². The molecule has 216 valence electrons. The molecular weight excluding hydrogens is 541 g/mol. The molecule has 19 heteroatoms. The molecule has 0 aromatic carbocycles. The maximum atomic E-state index is 12.7. The Kier molecular flexibility index (Phi) is 9.29. The van der Waals surface area contributed by atoms with E-state index in [4.69, 9.17) is 29.4 Å². The van der Waals surface area contributed by atoms with Crippen molar-refractivity contribution < 1.29 is 68.5 Å². The summed E-state index contributed by atoms with van der Waals surface area (Å²) in [5, 5.41) is 69.7. The first-order chi connectivity index (χ1) is 17.6. The first kappa shape index (κ1) is 30.5. The summed E-state index contributed by atoms with van der Waals surface area (Å²) < 4.78 is 33.7. The minimum Gasteiger partial charge on any atom is -0.477 e. The minimum absolute atomic E-state index is 0.116. The van der Waals surface area contributed by atoms with Crippen LogP contribution in [0, 0.1) is 5.92 Å². The molecule has 38 heavy (non-hydrogen) atoms. The van der Waals surface area contributed by atoms with E-state index < -0.39 is 99.8 Å². The first-order valence-corrected chi connectivity index (χ1v) is 12.7. The number of phosphoric ester groups is 1. The summed E-state index contributed by atoms with van der Waals surface area (Å²) in [6.07, 6.45) is -13.2. The Bertz CT molecular complexity index is 1110. The predicted octanol–water partition coefficient (Wildman–Crippen LogP) is -4.14. The Balaban J connectivity index is 1.74. The van der Waals surface area contributed by atoms with E-state index >= 15 is 0 Å². The summed E-state index contributed by atoms with van der Waals surface area (Å²) in [7, 11) is -5.40. The molecule has 3 heterocycles. The summed E-state index contributed by atoms with van der Waals surface area (Å²) >= 11 is 0. The van der Waals surface area contributed by atoms with Gasteiger partial charge in [0.1, 0.15) is 36.3 Å². The molecular formula is C19H30N3O15P. The number of nitrogens with zero attached hydrogens (tertiary/aromatic N) is 2. The topological polar surface area (TPSA) is 294 Å². The highest BCUT2D eigenvalue weighted by atomic mass is 31.2. The Labute approximate surface area is 214 Å². The van der Waals surface area contributed by atoms with Gasteiger partial charge in [-0.1, -0.05) is 6.92 Å². The van der Waals surface area contributed by atoms with Gasteiger partial charge in [-0.3, -0.25) is 9.09 Å². The van der Waals surface area contributed by atoms with Crippen LogP contribution in [0.5, 0.6) is 0 Å². The van der Waals surface area contributed by atoms with Crippen LogP contribution in [0.2, 0.25) is 0 Å². The van der Waals surface area contributed by atoms with Crippen LogP contribution < -0.4 is 11.4 Å². The second kappa shape index (κ2) is 11.6. The summed E-state index contributed by atoms with van der Waals surface area (Å²) in [5.74, 6) is -6.15. The lowest BCUT2D eigenvalue weighted by atomic mass is 9.85. The molecule has 2 fully saturated rings. The number of aliphatic hydroxyl groups is 6. The molecule has 0 amide bonds. The van der Waals surface area contributed by atoms with Crippen LogP contribution >= 0.6 is 7.82 Å². The zero-order chi connectivity index (χ0) is 28.6. The van der Waals surface area contributed by atoms with Gasteiger partial charge < -0.3 is 55.8 Å². The first-order valence-electron chi connectivity index (χ1n) is 11.2. The highest BCUT2D eigenvalue weighted by Gasteiger charge is 2.57. The fourth-order valence-electron chi connectivity index (χ4n) is 4.10. The summed E-state index contributed by atoms with van der Waals surface area (Å²) in [6, 6.07) is 1.22. The van der Waals surface area contributed by atoms with Gasteiger partial charge >= 0.3 is 19.5 Å². The Morgan fingerprint density at radius 2 is 2.00 bits per heavy atom. The number of hydrogen-bond donors (Lipinski definition) is 9. The third-order valence-electron chi connectivity index (χ3n) is 6.30. The molecule has 1 aromatic rings. The van der Waals surface area contributed by atoms with Gasteiger partial charge in [0.2, 0.25) is 0 Å². The largest absolute Gasteiger partial charge is 0.477 e. The predicted molar refractivity (Wildman–Crippen MR) is 120 cm³/mol. The molecule has 3 rings (SSSR count). The lowest BCUT2D eigenvalue weighted by molar-refractivity contribution is -0.296. The SMILES string of the molecule is CC1C(O)CC(OP(=O)(O)OCC2OC(n3ccc(N)nc3=O)C(O)C2O)(C(=O)O)OC1C(O)C(O)CO. The average Bonchev–Trinajstić information content (AvgIpc) is 3.12. The molecule has 18 nitrogen and oxygen atoms in total. The summed E-state index contributed by atoms with van der Waals surface area (Å²) in [6.45, 7) is -0.559. The highest BCUT2D eigenvalue weighted by molar-refractivity contribution is 7.47. The number of aliphatic carboxylic acids is 1. The van der Waals surface area contributed by atoms with Gasteiger partial charge in [-0.2, -0.15) is 4.98 Å². The number of carboxylic acid groups (broad SMARTS) is 1. The van der Waals surface area contributed by atoms with E-state index in [9.17, 15) is 49.7 Å². The summed E-state index contributed by atoms with van der Waals surface area (Å²) in [4.78, 5) is 37.8. The van der Waals surface area contributed by atoms with Crippen LogP contribution in [-0.4, -0.2) is 118 Å². The van der Waals surface area contributed by atoms with Gasteiger partial charge in [0.05, 0.1) is 25.4 Å². The van der Waals surface area contributed by atoms with Crippen LogP contribution in [0.3, 0.4) is 0 Å². The van der Waals surface area contributed by atoms with E-state index in [1.165, 1.54) is 13.0 Å². The molecule has 2 saturated heterocycles. The molecule has 11 unspecified atom stereocenters. The molecule has 11 atom stereocenters. The Hall–Kier alpha value is -2.06. The van der Waals surface area contributed by atoms with Crippen molar-refractivity contribution >= 4 is 19.6 Å². The lowest BCUT2D eigenvalue weighted by Gasteiger charge is -2.45. The number of carboxylic acids is 1. The standard InChI is InChI=1S/C19H30N3O15P/c1-7-8(24)4-19(17(29)30,36-15(7)12(26)9(25)5-23)37-38(32,33)34-6-10-13(27)14(28)16(35-10)22-3-2-11(20)21-18(22)31/h2-3,7-10,12-16,23-28H,4-6H2,1H3,(H,29,30)(H,32,33)(H2,20,21,31). The normalized spacial score (nSPS) is 36.9. The van der Waals surface area contributed by atoms with Crippen molar-refractivity contribution in [2.45, 2.75) is 68.1 Å². The van der Waals surface area contributed by atoms with Crippen LogP contribution in [-0.2, 0) is 27.9 Å². The second-order valence-corrected chi connectivity index (χ2v) is 10.3. The zero-order valence-electron chi connectivity index (χ0n) is 19.8. The average molecular weight is 571 g/mol. The van der Waals surface area contributed by atoms with Crippen molar-refractivity contribution in [3.05, 3.63) is 22.7 Å². The Morgan fingerprint density at radius 3 is 2.58 bits per heavy atom. The van der Waals surface area contributed by atoms with E-state index in [0.717, 1.165) is 10.8 Å². The third-order valence-corrected chi connectivity index (χ3v) is 7.30. The summed E-state index contributed by atoms with van der Waals surface area (Å²) in [5.41, 5.74) is 4.48. The van der Waals surface area contributed by atoms with Crippen LogP contribution in [0.1, 0.15) is 19.6 Å². The zero-order valence-corrected chi connectivity index (χ0v) is 20.7. The molecule has 2 aliphatic heterocycles. The van der Waals surface area contributed by atoms with E-state index in [0.29, 0.717) is 0 Å². The van der Waals surface area contributed by atoms with E-state index in [1.54, 1.807) is 0 Å². The van der Waals surface area contributed by atoms with Gasteiger partial charge in [0.25, 0.3) is 5.79 Å². The Morgan fingerprint density at radius 1 is 1.34 bits per heavy atom. The van der Waals surface area contributed by atoms with Crippen molar-refractivity contribution in [3.63, 3.8) is 0 Å². The third kappa shape index (κ3) is 6.22. The molecule has 0 saturated carbocycles. The van der Waals surface area contributed by atoms with E-state index in [-0.39, 0.29) is 5.82 Å². The maximum Gasteiger partial charge on any atom is 0.475 e. The number of anilines is 1. The number of nitrogen functional groups attached to an aromatic ring is 1. The number of nitrogens with two attached hydrogens (primary N) is 1. The number of rotatable bonds is 10. The van der Waals surface area contributed by atoms with Crippen LogP contribution in [0.4, 0.5) is 5.82 Å². The minimum atomic E-state index is -5.40. The van der Waals surface area contributed by atoms with Crippen molar-refractivity contribution in [2.24, 2.45) is 5.92 Å². The number of hydrogen-bond acceptors (Lipinski definition) is 15. The smallest absolute Gasteiger partial charge is 0.475 e. The number of ether oxygens (including phenoxy) is 2. The van der Waals surface area contributed by atoms with Crippen molar-refractivity contribution in [3.8, 4) is 0 Å². The molecule has 0 bridgehead atoms. The lowest BCUT2D eigenvalue weighted by Crippen LogP contribution is -2.61. The van der Waals surface area contributed by atoms with Crippen LogP contribution in [0.25, 0.3) is 0 Å². The van der Waals surface area contributed by atoms with Crippen LogP contribution in [0.15, 0.2) is 17.1 Å².